The van der Waals surface area contributed by atoms with Crippen LogP contribution >= 0.6 is 0 Å². The molecule has 0 saturated carbocycles. The number of benzene rings is 1. The Balaban J connectivity index is 2.52. The molecule has 0 N–H and O–H groups in total. The highest BCUT2D eigenvalue weighted by molar-refractivity contribution is 5.82. The Morgan fingerprint density at radius 1 is 1.21 bits per heavy atom. The lowest BCUT2D eigenvalue weighted by Crippen LogP contribution is -2.17. The molecule has 0 unspecified atom stereocenters. The number of carbonyl (C=O) groups excluding carboxylic acids is 1. The number of hydrogen-bond acceptors (Lipinski definition) is 1. The fourth-order valence-corrected chi connectivity index (χ4v) is 2.22. The first kappa shape index (κ1) is 9.45. The van der Waals surface area contributed by atoms with E-state index in [1.54, 1.807) is 0 Å². The number of hydrogen-bond donors (Lipinski definition) is 0. The molecule has 1 aliphatic carbocycles. The van der Waals surface area contributed by atoms with Crippen molar-refractivity contribution in [3.8, 4) is 0 Å². The molecule has 74 valence electrons. The molecule has 0 heterocycles. The third kappa shape index (κ3) is 1.59. The third-order valence-electron chi connectivity index (χ3n) is 3.16. The van der Waals surface area contributed by atoms with Crippen LogP contribution in [0.3, 0.4) is 0 Å². The first-order valence-electron chi connectivity index (χ1n) is 5.20. The highest BCUT2D eigenvalue weighted by Crippen LogP contribution is 2.34. The van der Waals surface area contributed by atoms with E-state index < -0.39 is 0 Å². The minimum absolute atomic E-state index is 0.156. The Kier molecular flexibility index (Phi) is 2.18. The summed E-state index contributed by atoms with van der Waals surface area (Å²) in [7, 11) is 0. The van der Waals surface area contributed by atoms with Crippen molar-refractivity contribution in [1.82, 2.24) is 0 Å². The summed E-state index contributed by atoms with van der Waals surface area (Å²) in [5, 5.41) is 0. The number of carbonyl (C=O) groups is 1. The zero-order valence-electron chi connectivity index (χ0n) is 8.84. The molecule has 0 atom stereocenters. The van der Waals surface area contributed by atoms with Crippen molar-refractivity contribution in [2.24, 2.45) is 0 Å². The molecular weight excluding hydrogens is 172 g/mol. The topological polar surface area (TPSA) is 17.1 Å². The van der Waals surface area contributed by atoms with E-state index in [9.17, 15) is 4.79 Å². The van der Waals surface area contributed by atoms with Gasteiger partial charge in [0.1, 0.15) is 5.78 Å². The summed E-state index contributed by atoms with van der Waals surface area (Å²) in [4.78, 5) is 11.5. The van der Waals surface area contributed by atoms with Gasteiger partial charge in [-0.2, -0.15) is 0 Å². The summed E-state index contributed by atoms with van der Waals surface area (Å²) in [6, 6.07) is 8.33. The first-order valence-corrected chi connectivity index (χ1v) is 5.20. The Labute approximate surface area is 85.1 Å². The molecule has 0 saturated heterocycles. The van der Waals surface area contributed by atoms with Gasteiger partial charge >= 0.3 is 0 Å². The predicted octanol–water partition coefficient (Wildman–Crippen LogP) is 2.87. The van der Waals surface area contributed by atoms with Gasteiger partial charge in [-0.05, 0) is 23.0 Å². The number of Topliss-reactive ketones (excluding diaryl/α,β-unsaturated/α-hetero) is 1. The molecule has 14 heavy (non-hydrogen) atoms. The summed E-state index contributed by atoms with van der Waals surface area (Å²) in [5.74, 6) is 0.378. The Morgan fingerprint density at radius 3 is 2.71 bits per heavy atom. The Morgan fingerprint density at radius 2 is 1.93 bits per heavy atom. The summed E-state index contributed by atoms with van der Waals surface area (Å²) in [6.45, 7) is 4.45. The van der Waals surface area contributed by atoms with Crippen LogP contribution in [0.4, 0.5) is 0 Å². The zero-order valence-corrected chi connectivity index (χ0v) is 8.84. The van der Waals surface area contributed by atoms with E-state index >= 15 is 0 Å². The van der Waals surface area contributed by atoms with Crippen molar-refractivity contribution in [1.29, 1.82) is 0 Å². The molecular formula is C13H16O. The molecule has 0 aliphatic heterocycles. The molecule has 0 amide bonds. The average Bonchev–Trinajstić information content (AvgIpc) is 2.25. The zero-order chi connectivity index (χ0) is 10.2. The van der Waals surface area contributed by atoms with Gasteiger partial charge in [0.15, 0.2) is 0 Å². The molecule has 1 aliphatic rings. The lowest BCUT2D eigenvalue weighted by molar-refractivity contribution is -0.118. The van der Waals surface area contributed by atoms with Gasteiger partial charge in [-0.25, -0.2) is 0 Å². The van der Waals surface area contributed by atoms with E-state index in [1.807, 2.05) is 6.07 Å². The van der Waals surface area contributed by atoms with Gasteiger partial charge < -0.3 is 0 Å². The van der Waals surface area contributed by atoms with Crippen molar-refractivity contribution in [3.63, 3.8) is 0 Å². The van der Waals surface area contributed by atoms with Gasteiger partial charge in [0, 0.05) is 12.8 Å². The fourth-order valence-electron chi connectivity index (χ4n) is 2.22. The van der Waals surface area contributed by atoms with Crippen molar-refractivity contribution in [2.45, 2.75) is 38.5 Å². The van der Waals surface area contributed by atoms with Crippen LogP contribution in [-0.4, -0.2) is 5.78 Å². The van der Waals surface area contributed by atoms with Crippen molar-refractivity contribution in [2.75, 3.05) is 0 Å². The van der Waals surface area contributed by atoms with Crippen LogP contribution in [0.15, 0.2) is 24.3 Å². The SMILES string of the molecule is CC1(C)CCC(=O)Cc2ccccc21. The molecule has 0 aromatic heterocycles. The van der Waals surface area contributed by atoms with Crippen LogP contribution in [0, 0.1) is 0 Å². The van der Waals surface area contributed by atoms with Crippen LogP contribution in [0.1, 0.15) is 37.8 Å². The third-order valence-corrected chi connectivity index (χ3v) is 3.16. The second-order valence-corrected chi connectivity index (χ2v) is 4.76. The molecule has 0 bridgehead atoms. The predicted molar refractivity (Wildman–Crippen MR) is 57.4 cm³/mol. The number of fused-ring (bicyclic) bond motifs is 1. The second-order valence-electron chi connectivity index (χ2n) is 4.76. The van der Waals surface area contributed by atoms with Gasteiger partial charge in [0.2, 0.25) is 0 Å². The monoisotopic (exact) mass is 188 g/mol. The quantitative estimate of drug-likeness (QED) is 0.572. The van der Waals surface area contributed by atoms with E-state index in [-0.39, 0.29) is 5.41 Å². The molecule has 0 fully saturated rings. The highest BCUT2D eigenvalue weighted by Gasteiger charge is 2.27. The Bertz CT molecular complexity index is 363. The lowest BCUT2D eigenvalue weighted by Gasteiger charge is -2.24. The van der Waals surface area contributed by atoms with E-state index in [0.29, 0.717) is 12.2 Å². The minimum Gasteiger partial charge on any atom is -0.299 e. The smallest absolute Gasteiger partial charge is 0.137 e. The van der Waals surface area contributed by atoms with Crippen molar-refractivity contribution >= 4 is 5.78 Å². The van der Waals surface area contributed by atoms with Crippen LogP contribution in [0.25, 0.3) is 0 Å². The van der Waals surface area contributed by atoms with E-state index in [0.717, 1.165) is 12.8 Å². The standard InChI is InChI=1S/C13H16O/c1-13(2)8-7-11(14)9-10-5-3-4-6-12(10)13/h3-6H,7-9H2,1-2H3. The van der Waals surface area contributed by atoms with Crippen LogP contribution < -0.4 is 0 Å². The maximum absolute atomic E-state index is 11.5. The summed E-state index contributed by atoms with van der Waals surface area (Å²) in [6.07, 6.45) is 2.32. The van der Waals surface area contributed by atoms with E-state index in [1.165, 1.54) is 11.1 Å². The highest BCUT2D eigenvalue weighted by atomic mass is 16.1. The minimum atomic E-state index is 0.156. The first-order chi connectivity index (χ1) is 6.59. The average molecular weight is 188 g/mol. The van der Waals surface area contributed by atoms with Gasteiger partial charge in [-0.1, -0.05) is 38.1 Å². The maximum Gasteiger partial charge on any atom is 0.137 e. The molecule has 1 aromatic rings. The fraction of sp³-hybridized carbons (Fsp3) is 0.462. The molecule has 0 spiro atoms. The summed E-state index contributed by atoms with van der Waals surface area (Å²) in [5.41, 5.74) is 2.73. The van der Waals surface area contributed by atoms with Crippen LogP contribution in [-0.2, 0) is 16.6 Å². The van der Waals surface area contributed by atoms with Crippen molar-refractivity contribution < 1.29 is 4.79 Å². The largest absolute Gasteiger partial charge is 0.299 e. The van der Waals surface area contributed by atoms with Gasteiger partial charge in [-0.3, -0.25) is 4.79 Å². The molecule has 1 heteroatoms. The summed E-state index contributed by atoms with van der Waals surface area (Å²) < 4.78 is 0. The Hall–Kier alpha value is -1.11. The molecule has 1 aromatic carbocycles. The normalized spacial score (nSPS) is 20.0. The molecule has 2 rings (SSSR count). The van der Waals surface area contributed by atoms with Gasteiger partial charge in [-0.15, -0.1) is 0 Å². The maximum atomic E-state index is 11.5. The van der Waals surface area contributed by atoms with E-state index in [4.69, 9.17) is 0 Å². The molecule has 0 radical (unpaired) electrons. The van der Waals surface area contributed by atoms with Crippen LogP contribution in [0.5, 0.6) is 0 Å². The van der Waals surface area contributed by atoms with E-state index in [2.05, 4.69) is 32.0 Å². The lowest BCUT2D eigenvalue weighted by atomic mass is 9.80. The van der Waals surface area contributed by atoms with Crippen LogP contribution in [0.2, 0.25) is 0 Å². The number of ketones is 1. The summed E-state index contributed by atoms with van der Waals surface area (Å²) >= 11 is 0. The van der Waals surface area contributed by atoms with Gasteiger partial charge in [0.05, 0.1) is 0 Å². The van der Waals surface area contributed by atoms with Crippen molar-refractivity contribution in [3.05, 3.63) is 35.4 Å². The molecule has 1 nitrogen and oxygen atoms in total. The van der Waals surface area contributed by atoms with Gasteiger partial charge in [0.25, 0.3) is 0 Å². The second kappa shape index (κ2) is 3.23. The number of rotatable bonds is 0.